The molecule has 1 aliphatic heterocycles. The normalized spacial score (nSPS) is 13.1. The zero-order valence-electron chi connectivity index (χ0n) is 17.2. The Morgan fingerprint density at radius 1 is 1.17 bits per heavy atom. The monoisotopic (exact) mass is 403 g/mol. The van der Waals surface area contributed by atoms with E-state index in [-0.39, 0.29) is 5.82 Å². The number of rotatable bonds is 7. The quantitative estimate of drug-likeness (QED) is 0.540. The van der Waals surface area contributed by atoms with Gasteiger partial charge in [0.05, 0.1) is 0 Å². The predicted octanol–water partition coefficient (Wildman–Crippen LogP) is 5.36. The summed E-state index contributed by atoms with van der Waals surface area (Å²) in [4.78, 5) is 17.4. The van der Waals surface area contributed by atoms with Gasteiger partial charge in [0, 0.05) is 37.1 Å². The third kappa shape index (κ3) is 4.20. The number of aldehydes is 1. The first-order chi connectivity index (χ1) is 14.7. The number of hydrogen-bond donors (Lipinski definition) is 1. The van der Waals surface area contributed by atoms with Crippen molar-refractivity contribution in [3.63, 3.8) is 0 Å². The highest BCUT2D eigenvalue weighted by atomic mass is 19.1. The molecule has 0 atom stereocenters. The average Bonchev–Trinajstić information content (AvgIpc) is 2.78. The lowest BCUT2D eigenvalue weighted by molar-refractivity contribution is -0.107. The summed E-state index contributed by atoms with van der Waals surface area (Å²) in [6.45, 7) is 3.72. The molecule has 2 heterocycles. The van der Waals surface area contributed by atoms with Crippen LogP contribution in [0.2, 0.25) is 0 Å². The fraction of sp³-hybridized carbons (Fsp3) is 0.280. The second kappa shape index (κ2) is 9.08. The summed E-state index contributed by atoms with van der Waals surface area (Å²) in [6, 6.07) is 15.5. The Bertz CT molecular complexity index is 1040. The van der Waals surface area contributed by atoms with E-state index in [1.165, 1.54) is 28.4 Å². The van der Waals surface area contributed by atoms with Crippen molar-refractivity contribution in [2.75, 3.05) is 16.8 Å². The second-order valence-corrected chi connectivity index (χ2v) is 7.67. The SMILES string of the molecule is Cc1c(CNc2ccc(CCC=O)c(F)c2)ccc2c1N(c1ccccn1)CCC2. The molecule has 0 fully saturated rings. The van der Waals surface area contributed by atoms with Crippen LogP contribution >= 0.6 is 0 Å². The number of carbonyl (C=O) groups is 1. The number of aromatic nitrogens is 1. The number of fused-ring (bicyclic) bond motifs is 1. The zero-order valence-corrected chi connectivity index (χ0v) is 17.2. The van der Waals surface area contributed by atoms with Gasteiger partial charge in [0.25, 0.3) is 0 Å². The maximum Gasteiger partial charge on any atom is 0.132 e. The summed E-state index contributed by atoms with van der Waals surface area (Å²) in [5.41, 5.74) is 6.31. The Morgan fingerprint density at radius 3 is 2.80 bits per heavy atom. The molecule has 0 saturated heterocycles. The van der Waals surface area contributed by atoms with E-state index in [4.69, 9.17) is 0 Å². The van der Waals surface area contributed by atoms with Gasteiger partial charge in [-0.3, -0.25) is 0 Å². The molecule has 4 rings (SSSR count). The van der Waals surface area contributed by atoms with Gasteiger partial charge >= 0.3 is 0 Å². The van der Waals surface area contributed by atoms with Crippen LogP contribution < -0.4 is 10.2 Å². The number of benzene rings is 2. The van der Waals surface area contributed by atoms with Crippen molar-refractivity contribution in [2.45, 2.75) is 39.2 Å². The van der Waals surface area contributed by atoms with E-state index in [9.17, 15) is 9.18 Å². The molecule has 30 heavy (non-hydrogen) atoms. The van der Waals surface area contributed by atoms with Crippen LogP contribution in [0.5, 0.6) is 0 Å². The third-order valence-electron chi connectivity index (χ3n) is 5.72. The Balaban J connectivity index is 1.55. The smallest absolute Gasteiger partial charge is 0.132 e. The molecule has 3 aromatic rings. The van der Waals surface area contributed by atoms with E-state index in [1.807, 2.05) is 24.4 Å². The van der Waals surface area contributed by atoms with Crippen molar-refractivity contribution in [1.82, 2.24) is 4.98 Å². The van der Waals surface area contributed by atoms with E-state index < -0.39 is 0 Å². The number of pyridine rings is 1. The minimum Gasteiger partial charge on any atom is -0.381 e. The molecular formula is C25H26FN3O. The van der Waals surface area contributed by atoms with Crippen LogP contribution in [0.15, 0.2) is 54.7 Å². The lowest BCUT2D eigenvalue weighted by Crippen LogP contribution is -2.26. The Labute approximate surface area is 176 Å². The van der Waals surface area contributed by atoms with Gasteiger partial charge in [-0.15, -0.1) is 0 Å². The van der Waals surface area contributed by atoms with Gasteiger partial charge in [-0.1, -0.05) is 24.3 Å². The highest BCUT2D eigenvalue weighted by Crippen LogP contribution is 2.37. The maximum absolute atomic E-state index is 14.3. The summed E-state index contributed by atoms with van der Waals surface area (Å²) < 4.78 is 14.3. The molecule has 5 heteroatoms. The molecule has 154 valence electrons. The van der Waals surface area contributed by atoms with Gasteiger partial charge in [0.15, 0.2) is 0 Å². The van der Waals surface area contributed by atoms with Crippen molar-refractivity contribution in [1.29, 1.82) is 0 Å². The lowest BCUT2D eigenvalue weighted by atomic mass is 9.94. The maximum atomic E-state index is 14.3. The molecule has 2 aromatic carbocycles. The van der Waals surface area contributed by atoms with Gasteiger partial charge in [0.2, 0.25) is 0 Å². The molecule has 0 radical (unpaired) electrons. The van der Waals surface area contributed by atoms with E-state index >= 15 is 0 Å². The van der Waals surface area contributed by atoms with Crippen LogP contribution in [0, 0.1) is 12.7 Å². The van der Waals surface area contributed by atoms with Gasteiger partial charge in [-0.2, -0.15) is 0 Å². The highest BCUT2D eigenvalue weighted by Gasteiger charge is 2.22. The second-order valence-electron chi connectivity index (χ2n) is 7.67. The Morgan fingerprint density at radius 2 is 2.03 bits per heavy atom. The number of halogens is 1. The number of carbonyl (C=O) groups excluding carboxylic acids is 1. The van der Waals surface area contributed by atoms with Crippen LogP contribution in [-0.2, 0) is 24.2 Å². The van der Waals surface area contributed by atoms with Crippen molar-refractivity contribution < 1.29 is 9.18 Å². The molecular weight excluding hydrogens is 377 g/mol. The summed E-state index contributed by atoms with van der Waals surface area (Å²) in [7, 11) is 0. The average molecular weight is 404 g/mol. The molecule has 0 bridgehead atoms. The van der Waals surface area contributed by atoms with E-state index in [2.05, 4.69) is 40.3 Å². The van der Waals surface area contributed by atoms with Crippen molar-refractivity contribution in [3.05, 3.63) is 82.8 Å². The molecule has 4 nitrogen and oxygen atoms in total. The van der Waals surface area contributed by atoms with Crippen molar-refractivity contribution in [2.24, 2.45) is 0 Å². The standard InChI is InChI=1S/C25H26FN3O/c1-18-21(17-28-22-12-11-19(7-5-15-30)23(26)16-22)10-9-20-6-4-14-29(25(18)20)24-8-2-3-13-27-24/h2-3,8-13,15-16,28H,4-7,14,17H2,1H3. The van der Waals surface area contributed by atoms with E-state index in [1.54, 1.807) is 6.07 Å². The first kappa shape index (κ1) is 20.1. The first-order valence-corrected chi connectivity index (χ1v) is 10.4. The van der Waals surface area contributed by atoms with E-state index in [0.29, 0.717) is 24.9 Å². The van der Waals surface area contributed by atoms with Crippen LogP contribution in [0.3, 0.4) is 0 Å². The fourth-order valence-electron chi connectivity index (χ4n) is 4.12. The summed E-state index contributed by atoms with van der Waals surface area (Å²) in [5, 5.41) is 3.34. The molecule has 0 aliphatic carbocycles. The predicted molar refractivity (Wildman–Crippen MR) is 119 cm³/mol. The molecule has 0 amide bonds. The first-order valence-electron chi connectivity index (χ1n) is 10.4. The van der Waals surface area contributed by atoms with Gasteiger partial charge in [0.1, 0.15) is 17.9 Å². The minimum absolute atomic E-state index is 0.273. The van der Waals surface area contributed by atoms with Crippen molar-refractivity contribution in [3.8, 4) is 0 Å². The molecule has 1 aliphatic rings. The lowest BCUT2D eigenvalue weighted by Gasteiger charge is -2.33. The number of nitrogens with one attached hydrogen (secondary N) is 1. The number of nitrogens with zero attached hydrogens (tertiary/aromatic N) is 2. The van der Waals surface area contributed by atoms with Crippen LogP contribution in [0.1, 0.15) is 35.1 Å². The van der Waals surface area contributed by atoms with Gasteiger partial charge < -0.3 is 15.0 Å². The van der Waals surface area contributed by atoms with Gasteiger partial charge in [-0.25, -0.2) is 9.37 Å². The van der Waals surface area contributed by atoms with Gasteiger partial charge in [-0.05, 0) is 72.7 Å². The zero-order chi connectivity index (χ0) is 20.9. The largest absolute Gasteiger partial charge is 0.381 e. The highest BCUT2D eigenvalue weighted by molar-refractivity contribution is 5.70. The third-order valence-corrected chi connectivity index (χ3v) is 5.72. The number of aryl methyl sites for hydroxylation is 2. The summed E-state index contributed by atoms with van der Waals surface area (Å²) in [5.74, 6) is 0.699. The van der Waals surface area contributed by atoms with Crippen LogP contribution in [-0.4, -0.2) is 17.8 Å². The summed E-state index contributed by atoms with van der Waals surface area (Å²) in [6.07, 6.45) is 5.60. The Hall–Kier alpha value is -3.21. The van der Waals surface area contributed by atoms with Crippen LogP contribution in [0.25, 0.3) is 0 Å². The fourth-order valence-corrected chi connectivity index (χ4v) is 4.12. The molecule has 1 aromatic heterocycles. The molecule has 0 spiro atoms. The molecule has 0 unspecified atom stereocenters. The van der Waals surface area contributed by atoms with E-state index in [0.717, 1.165) is 37.2 Å². The number of hydrogen-bond acceptors (Lipinski definition) is 4. The summed E-state index contributed by atoms with van der Waals surface area (Å²) >= 11 is 0. The number of anilines is 3. The van der Waals surface area contributed by atoms with Crippen LogP contribution in [0.4, 0.5) is 21.6 Å². The molecule has 0 saturated carbocycles. The van der Waals surface area contributed by atoms with Crippen molar-refractivity contribution >= 4 is 23.5 Å². The Kier molecular flexibility index (Phi) is 6.07. The topological polar surface area (TPSA) is 45.2 Å². The molecule has 1 N–H and O–H groups in total. The minimum atomic E-state index is -0.273.